The maximum absolute atomic E-state index is 13.0. The van der Waals surface area contributed by atoms with Crippen LogP contribution in [0.25, 0.3) is 11.3 Å². The van der Waals surface area contributed by atoms with Crippen molar-refractivity contribution in [2.24, 2.45) is 0 Å². The summed E-state index contributed by atoms with van der Waals surface area (Å²) in [6, 6.07) is 9.82. The first-order valence-electron chi connectivity index (χ1n) is 6.60. The van der Waals surface area contributed by atoms with Gasteiger partial charge in [0.15, 0.2) is 0 Å². The third-order valence-electron chi connectivity index (χ3n) is 3.31. The van der Waals surface area contributed by atoms with Gasteiger partial charge in [-0.25, -0.2) is 4.39 Å². The highest BCUT2D eigenvalue weighted by Gasteiger charge is 2.16. The van der Waals surface area contributed by atoms with Gasteiger partial charge in [0, 0.05) is 29.9 Å². The lowest BCUT2D eigenvalue weighted by Crippen LogP contribution is -2.02. The minimum absolute atomic E-state index is 0.296. The quantitative estimate of drug-likeness (QED) is 0.774. The Bertz CT molecular complexity index is 710. The van der Waals surface area contributed by atoms with Crippen molar-refractivity contribution in [1.29, 1.82) is 0 Å². The molecule has 0 aliphatic carbocycles. The van der Waals surface area contributed by atoms with Gasteiger partial charge in [0.05, 0.1) is 18.0 Å². The van der Waals surface area contributed by atoms with Gasteiger partial charge in [-0.2, -0.15) is 5.10 Å². The van der Waals surface area contributed by atoms with Gasteiger partial charge in [0.2, 0.25) is 0 Å². The summed E-state index contributed by atoms with van der Waals surface area (Å²) in [5, 5.41) is 17.2. The van der Waals surface area contributed by atoms with Crippen LogP contribution in [-0.2, 0) is 6.42 Å². The molecule has 0 bridgehead atoms. The van der Waals surface area contributed by atoms with Crippen LogP contribution in [0, 0.1) is 5.82 Å². The van der Waals surface area contributed by atoms with E-state index >= 15 is 0 Å². The first kappa shape index (κ1) is 13.5. The minimum Gasteiger partial charge on any atom is -0.388 e. The molecule has 0 fully saturated rings. The summed E-state index contributed by atoms with van der Waals surface area (Å²) >= 11 is 0. The molecule has 0 spiro atoms. The van der Waals surface area contributed by atoms with E-state index in [9.17, 15) is 9.50 Å². The Labute approximate surface area is 121 Å². The Morgan fingerprint density at radius 2 is 1.95 bits per heavy atom. The molecule has 1 aromatic carbocycles. The van der Waals surface area contributed by atoms with Gasteiger partial charge in [-0.15, -0.1) is 0 Å². The first-order valence-corrected chi connectivity index (χ1v) is 6.60. The van der Waals surface area contributed by atoms with Crippen molar-refractivity contribution >= 4 is 0 Å². The zero-order valence-corrected chi connectivity index (χ0v) is 11.2. The van der Waals surface area contributed by atoms with E-state index in [0.29, 0.717) is 17.7 Å². The van der Waals surface area contributed by atoms with Gasteiger partial charge in [0.25, 0.3) is 0 Å². The van der Waals surface area contributed by atoms with Crippen LogP contribution >= 0.6 is 0 Å². The number of aromatic nitrogens is 3. The molecule has 3 rings (SSSR count). The molecule has 4 nitrogen and oxygen atoms in total. The van der Waals surface area contributed by atoms with Crippen molar-refractivity contribution in [2.45, 2.75) is 12.5 Å². The maximum atomic E-state index is 13.0. The van der Waals surface area contributed by atoms with Gasteiger partial charge in [-0.1, -0.05) is 6.07 Å². The summed E-state index contributed by atoms with van der Waals surface area (Å²) in [7, 11) is 0. The molecule has 106 valence electrons. The second-order valence-corrected chi connectivity index (χ2v) is 4.79. The van der Waals surface area contributed by atoms with Crippen LogP contribution < -0.4 is 0 Å². The van der Waals surface area contributed by atoms with Gasteiger partial charge in [-0.3, -0.25) is 10.1 Å². The molecule has 2 N–H and O–H groups in total. The maximum Gasteiger partial charge on any atom is 0.123 e. The van der Waals surface area contributed by atoms with E-state index in [0.717, 1.165) is 11.1 Å². The molecule has 0 amide bonds. The highest BCUT2D eigenvalue weighted by atomic mass is 19.1. The number of aliphatic hydroxyl groups is 1. The summed E-state index contributed by atoms with van der Waals surface area (Å²) in [5.74, 6) is -0.296. The first-order chi connectivity index (χ1) is 10.2. The van der Waals surface area contributed by atoms with E-state index in [1.54, 1.807) is 30.7 Å². The number of aliphatic hydroxyl groups excluding tert-OH is 1. The molecular weight excluding hydrogens is 269 g/mol. The van der Waals surface area contributed by atoms with Crippen LogP contribution in [0.3, 0.4) is 0 Å². The Balaban J connectivity index is 1.86. The van der Waals surface area contributed by atoms with Crippen LogP contribution in [0.1, 0.15) is 17.2 Å². The van der Waals surface area contributed by atoms with Crippen LogP contribution in [0.15, 0.2) is 55.0 Å². The Hall–Kier alpha value is -2.53. The summed E-state index contributed by atoms with van der Waals surface area (Å²) in [6.45, 7) is 0. The van der Waals surface area contributed by atoms with Crippen molar-refractivity contribution in [3.8, 4) is 11.3 Å². The molecule has 21 heavy (non-hydrogen) atoms. The second-order valence-electron chi connectivity index (χ2n) is 4.79. The van der Waals surface area contributed by atoms with Crippen molar-refractivity contribution in [3.63, 3.8) is 0 Å². The zero-order valence-electron chi connectivity index (χ0n) is 11.2. The molecule has 3 aromatic rings. The number of rotatable bonds is 4. The smallest absolute Gasteiger partial charge is 0.123 e. The summed E-state index contributed by atoms with van der Waals surface area (Å²) < 4.78 is 13.0. The molecule has 1 atom stereocenters. The summed E-state index contributed by atoms with van der Waals surface area (Å²) in [6.07, 6.45) is 4.76. The fourth-order valence-electron chi connectivity index (χ4n) is 2.25. The van der Waals surface area contributed by atoms with Crippen molar-refractivity contribution < 1.29 is 9.50 Å². The molecule has 0 saturated carbocycles. The van der Waals surface area contributed by atoms with Crippen molar-refractivity contribution in [3.05, 3.63) is 71.9 Å². The van der Waals surface area contributed by atoms with E-state index in [1.807, 2.05) is 12.1 Å². The van der Waals surface area contributed by atoms with E-state index in [2.05, 4.69) is 15.2 Å². The van der Waals surface area contributed by atoms with Gasteiger partial charge >= 0.3 is 0 Å². The van der Waals surface area contributed by atoms with Crippen molar-refractivity contribution in [1.82, 2.24) is 15.2 Å². The molecule has 0 saturated heterocycles. The monoisotopic (exact) mass is 283 g/mol. The van der Waals surface area contributed by atoms with Crippen LogP contribution in [0.5, 0.6) is 0 Å². The van der Waals surface area contributed by atoms with Gasteiger partial charge in [-0.05, 0) is 35.9 Å². The predicted octanol–water partition coefficient (Wildman–Crippen LogP) is 2.89. The molecule has 5 heteroatoms. The average Bonchev–Trinajstić information content (AvgIpc) is 2.98. The fourth-order valence-corrected chi connectivity index (χ4v) is 2.25. The van der Waals surface area contributed by atoms with Crippen LogP contribution in [0.4, 0.5) is 4.39 Å². The standard InChI is InChI=1S/C16H14FN3O/c17-13-5-3-12(4-6-13)16-14(10-19-20-16)15(21)8-11-2-1-7-18-9-11/h1-7,9-10,15,21H,8H2,(H,19,20). The fraction of sp³-hybridized carbons (Fsp3) is 0.125. The lowest BCUT2D eigenvalue weighted by atomic mass is 10.00. The number of hydrogen-bond donors (Lipinski definition) is 2. The second kappa shape index (κ2) is 5.85. The molecule has 0 aliphatic rings. The highest BCUT2D eigenvalue weighted by Crippen LogP contribution is 2.28. The molecule has 2 aromatic heterocycles. The van der Waals surface area contributed by atoms with Crippen LogP contribution in [-0.4, -0.2) is 20.3 Å². The number of nitrogens with zero attached hydrogens (tertiary/aromatic N) is 2. The van der Waals surface area contributed by atoms with Crippen LogP contribution in [0.2, 0.25) is 0 Å². The third-order valence-corrected chi connectivity index (χ3v) is 3.31. The molecule has 0 aliphatic heterocycles. The molecular formula is C16H14FN3O. The molecule has 0 radical (unpaired) electrons. The molecule has 1 unspecified atom stereocenters. The van der Waals surface area contributed by atoms with E-state index < -0.39 is 6.10 Å². The largest absolute Gasteiger partial charge is 0.388 e. The zero-order chi connectivity index (χ0) is 14.7. The Morgan fingerprint density at radius 3 is 2.67 bits per heavy atom. The number of nitrogens with one attached hydrogen (secondary N) is 1. The number of hydrogen-bond acceptors (Lipinski definition) is 3. The normalized spacial score (nSPS) is 12.3. The number of benzene rings is 1. The lowest BCUT2D eigenvalue weighted by molar-refractivity contribution is 0.179. The van der Waals surface area contributed by atoms with Crippen molar-refractivity contribution in [2.75, 3.05) is 0 Å². The van der Waals surface area contributed by atoms with Gasteiger partial charge in [0.1, 0.15) is 5.82 Å². The molecule has 2 heterocycles. The Kier molecular flexibility index (Phi) is 3.75. The van der Waals surface area contributed by atoms with Gasteiger partial charge < -0.3 is 5.11 Å². The SMILES string of the molecule is OC(Cc1cccnc1)c1cn[nH]c1-c1ccc(F)cc1. The Morgan fingerprint density at radius 1 is 1.14 bits per heavy atom. The number of halogens is 1. The number of pyridine rings is 1. The lowest BCUT2D eigenvalue weighted by Gasteiger charge is -2.11. The van der Waals surface area contributed by atoms with E-state index in [1.165, 1.54) is 12.1 Å². The van der Waals surface area contributed by atoms with E-state index in [4.69, 9.17) is 0 Å². The predicted molar refractivity (Wildman–Crippen MR) is 76.9 cm³/mol. The topological polar surface area (TPSA) is 61.8 Å². The highest BCUT2D eigenvalue weighted by molar-refractivity contribution is 5.63. The number of aromatic amines is 1. The average molecular weight is 283 g/mol. The summed E-state index contributed by atoms with van der Waals surface area (Å²) in [5.41, 5.74) is 3.11. The number of H-pyrrole nitrogens is 1. The summed E-state index contributed by atoms with van der Waals surface area (Å²) in [4.78, 5) is 4.03. The minimum atomic E-state index is -0.701. The van der Waals surface area contributed by atoms with E-state index in [-0.39, 0.29) is 5.82 Å². The third kappa shape index (κ3) is 2.98.